The Morgan fingerprint density at radius 3 is 1.16 bits per heavy atom. The Morgan fingerprint density at radius 1 is 0.474 bits per heavy atom. The van der Waals surface area contributed by atoms with Crippen molar-refractivity contribution in [2.75, 3.05) is 0 Å². The predicted molar refractivity (Wildman–Crippen MR) is 163 cm³/mol. The van der Waals surface area contributed by atoms with E-state index < -0.39 is 5.97 Å². The minimum absolute atomic E-state index is 0.0103. The van der Waals surface area contributed by atoms with Crippen LogP contribution in [0.5, 0.6) is 0 Å². The fourth-order valence-electron chi connectivity index (χ4n) is 5.30. The van der Waals surface area contributed by atoms with E-state index in [2.05, 4.69) is 13.8 Å². The number of esters is 1. The Morgan fingerprint density at radius 2 is 0.789 bits per heavy atom. The first kappa shape index (κ1) is 36.9. The highest BCUT2D eigenvalue weighted by atomic mass is 16.5. The van der Waals surface area contributed by atoms with Crippen LogP contribution in [0.25, 0.3) is 0 Å². The summed E-state index contributed by atoms with van der Waals surface area (Å²) < 4.78 is 5.94. The summed E-state index contributed by atoms with van der Waals surface area (Å²) in [6.07, 6.45) is 33.9. The van der Waals surface area contributed by atoms with Crippen molar-refractivity contribution in [2.24, 2.45) is 0 Å². The van der Waals surface area contributed by atoms with Crippen LogP contribution in [0.2, 0.25) is 0 Å². The maximum atomic E-state index is 12.5. The summed E-state index contributed by atoms with van der Waals surface area (Å²) in [4.78, 5) is 23.2. The lowest BCUT2D eigenvalue weighted by atomic mass is 10.0. The smallest absolute Gasteiger partial charge is 0.306 e. The van der Waals surface area contributed by atoms with Gasteiger partial charge in [-0.3, -0.25) is 9.59 Å². The second-order valence-electron chi connectivity index (χ2n) is 11.7. The van der Waals surface area contributed by atoms with Gasteiger partial charge in [0, 0.05) is 12.8 Å². The van der Waals surface area contributed by atoms with Gasteiger partial charge >= 0.3 is 11.9 Å². The van der Waals surface area contributed by atoms with Crippen molar-refractivity contribution < 1.29 is 19.4 Å². The van der Waals surface area contributed by atoms with Gasteiger partial charge in [-0.05, 0) is 38.5 Å². The first-order valence-corrected chi connectivity index (χ1v) is 17.0. The van der Waals surface area contributed by atoms with Gasteiger partial charge in [-0.15, -0.1) is 0 Å². The van der Waals surface area contributed by atoms with E-state index in [0.717, 1.165) is 57.8 Å². The SMILES string of the molecule is CCCCCCCCCCCCCC(=O)OC(CCCCCCCCCCCC)CCCCCCC(=O)O. The Kier molecular flexibility index (Phi) is 29.6. The van der Waals surface area contributed by atoms with Crippen LogP contribution in [0, 0.1) is 0 Å². The van der Waals surface area contributed by atoms with E-state index in [1.165, 1.54) is 116 Å². The molecule has 0 saturated heterocycles. The first-order valence-electron chi connectivity index (χ1n) is 17.0. The van der Waals surface area contributed by atoms with E-state index in [1.54, 1.807) is 0 Å². The largest absolute Gasteiger partial charge is 0.481 e. The minimum atomic E-state index is -0.708. The zero-order valence-electron chi connectivity index (χ0n) is 25.8. The summed E-state index contributed by atoms with van der Waals surface area (Å²) in [7, 11) is 0. The molecule has 1 atom stereocenters. The third-order valence-corrected chi connectivity index (χ3v) is 7.83. The number of carboxylic acids is 1. The summed E-state index contributed by atoms with van der Waals surface area (Å²) in [5, 5.41) is 8.80. The molecule has 0 spiro atoms. The molecular formula is C34H66O4. The molecule has 0 radical (unpaired) electrons. The van der Waals surface area contributed by atoms with E-state index in [9.17, 15) is 9.59 Å². The van der Waals surface area contributed by atoms with E-state index in [-0.39, 0.29) is 18.5 Å². The monoisotopic (exact) mass is 538 g/mol. The van der Waals surface area contributed by atoms with Crippen molar-refractivity contribution in [3.63, 3.8) is 0 Å². The second kappa shape index (κ2) is 30.5. The summed E-state index contributed by atoms with van der Waals surface area (Å²) >= 11 is 0. The van der Waals surface area contributed by atoms with Crippen molar-refractivity contribution >= 4 is 11.9 Å². The number of unbranched alkanes of at least 4 members (excludes halogenated alkanes) is 22. The summed E-state index contributed by atoms with van der Waals surface area (Å²) in [6.45, 7) is 4.53. The molecule has 1 unspecified atom stereocenters. The molecule has 0 aromatic rings. The number of aliphatic carboxylic acids is 1. The fourth-order valence-corrected chi connectivity index (χ4v) is 5.30. The highest BCUT2D eigenvalue weighted by Crippen LogP contribution is 2.19. The lowest BCUT2D eigenvalue weighted by molar-refractivity contribution is -0.150. The number of rotatable bonds is 31. The lowest BCUT2D eigenvalue weighted by Crippen LogP contribution is -2.18. The third kappa shape index (κ3) is 29.5. The van der Waals surface area contributed by atoms with Gasteiger partial charge in [0.05, 0.1) is 0 Å². The molecule has 4 nitrogen and oxygen atoms in total. The lowest BCUT2D eigenvalue weighted by Gasteiger charge is -2.18. The van der Waals surface area contributed by atoms with E-state index in [4.69, 9.17) is 9.84 Å². The van der Waals surface area contributed by atoms with Gasteiger partial charge in [0.1, 0.15) is 6.10 Å². The van der Waals surface area contributed by atoms with Crippen LogP contribution in [0.15, 0.2) is 0 Å². The molecule has 0 aliphatic carbocycles. The second-order valence-corrected chi connectivity index (χ2v) is 11.7. The van der Waals surface area contributed by atoms with Crippen LogP contribution < -0.4 is 0 Å². The van der Waals surface area contributed by atoms with Crippen LogP contribution in [-0.4, -0.2) is 23.1 Å². The maximum absolute atomic E-state index is 12.5. The molecule has 0 bridgehead atoms. The van der Waals surface area contributed by atoms with Crippen LogP contribution in [0.4, 0.5) is 0 Å². The van der Waals surface area contributed by atoms with Gasteiger partial charge in [0.15, 0.2) is 0 Å². The Hall–Kier alpha value is -1.06. The van der Waals surface area contributed by atoms with Gasteiger partial charge in [-0.2, -0.15) is 0 Å². The Balaban J connectivity index is 4.00. The third-order valence-electron chi connectivity index (χ3n) is 7.83. The molecule has 0 aliphatic rings. The van der Waals surface area contributed by atoms with Crippen molar-refractivity contribution in [1.82, 2.24) is 0 Å². The topological polar surface area (TPSA) is 63.6 Å². The van der Waals surface area contributed by atoms with E-state index in [1.807, 2.05) is 0 Å². The number of carbonyl (C=O) groups excluding carboxylic acids is 1. The Bertz CT molecular complexity index is 505. The van der Waals surface area contributed by atoms with E-state index in [0.29, 0.717) is 6.42 Å². The van der Waals surface area contributed by atoms with Gasteiger partial charge in [0.2, 0.25) is 0 Å². The zero-order chi connectivity index (χ0) is 27.9. The van der Waals surface area contributed by atoms with Gasteiger partial charge in [0.25, 0.3) is 0 Å². The molecule has 0 saturated carbocycles. The molecule has 38 heavy (non-hydrogen) atoms. The molecule has 4 heteroatoms. The molecule has 0 rings (SSSR count). The average Bonchev–Trinajstić information content (AvgIpc) is 2.89. The van der Waals surface area contributed by atoms with Crippen LogP contribution in [0.1, 0.15) is 200 Å². The molecule has 0 aliphatic heterocycles. The number of ether oxygens (including phenoxy) is 1. The summed E-state index contributed by atoms with van der Waals surface area (Å²) in [5.41, 5.74) is 0. The van der Waals surface area contributed by atoms with Crippen molar-refractivity contribution in [3.8, 4) is 0 Å². The first-order chi connectivity index (χ1) is 18.6. The predicted octanol–water partition coefficient (Wildman–Crippen LogP) is 11.3. The number of hydrogen-bond donors (Lipinski definition) is 1. The molecular weight excluding hydrogens is 472 g/mol. The summed E-state index contributed by atoms with van der Waals surface area (Å²) in [6, 6.07) is 0. The van der Waals surface area contributed by atoms with Crippen LogP contribution in [-0.2, 0) is 14.3 Å². The summed E-state index contributed by atoms with van der Waals surface area (Å²) in [5.74, 6) is -0.718. The van der Waals surface area contributed by atoms with Crippen molar-refractivity contribution in [1.29, 1.82) is 0 Å². The standard InChI is InChI=1S/C34H66O4/c1-3-5-7-9-11-13-15-17-19-21-27-31-34(37)38-32(29-25-22-23-26-30-33(35)36)28-24-20-18-16-14-12-10-8-6-4-2/h32H,3-31H2,1-2H3,(H,35,36). The van der Waals surface area contributed by atoms with E-state index >= 15 is 0 Å². The zero-order valence-corrected chi connectivity index (χ0v) is 25.8. The molecule has 0 heterocycles. The fraction of sp³-hybridized carbons (Fsp3) is 0.941. The minimum Gasteiger partial charge on any atom is -0.481 e. The number of carbonyl (C=O) groups is 2. The van der Waals surface area contributed by atoms with Gasteiger partial charge < -0.3 is 9.84 Å². The highest BCUT2D eigenvalue weighted by Gasteiger charge is 2.14. The Labute approximate surface area is 237 Å². The molecule has 0 amide bonds. The van der Waals surface area contributed by atoms with Gasteiger partial charge in [-0.1, -0.05) is 149 Å². The van der Waals surface area contributed by atoms with Crippen molar-refractivity contribution in [3.05, 3.63) is 0 Å². The molecule has 0 fully saturated rings. The van der Waals surface area contributed by atoms with Gasteiger partial charge in [-0.25, -0.2) is 0 Å². The maximum Gasteiger partial charge on any atom is 0.306 e. The number of carboxylic acid groups (broad SMARTS) is 1. The van der Waals surface area contributed by atoms with Crippen molar-refractivity contribution in [2.45, 2.75) is 206 Å². The quantitative estimate of drug-likeness (QED) is 0.0704. The van der Waals surface area contributed by atoms with Crippen LogP contribution >= 0.6 is 0 Å². The molecule has 0 aromatic carbocycles. The molecule has 226 valence electrons. The highest BCUT2D eigenvalue weighted by molar-refractivity contribution is 5.69. The average molecular weight is 539 g/mol. The molecule has 0 aromatic heterocycles. The normalized spacial score (nSPS) is 12.1. The van der Waals surface area contributed by atoms with Crippen LogP contribution in [0.3, 0.4) is 0 Å². The number of hydrogen-bond acceptors (Lipinski definition) is 3. The molecule has 1 N–H and O–H groups in total.